The molecule has 0 aromatic heterocycles. The van der Waals surface area contributed by atoms with Gasteiger partial charge in [-0.25, -0.2) is 0 Å². The quantitative estimate of drug-likeness (QED) is 0.493. The molecule has 0 aliphatic carbocycles. The van der Waals surface area contributed by atoms with Crippen LogP contribution in [-0.2, 0) is 11.3 Å². The molecule has 0 saturated heterocycles. The van der Waals surface area contributed by atoms with Crippen LogP contribution in [0.25, 0.3) is 0 Å². The molecule has 1 atom stereocenters. The van der Waals surface area contributed by atoms with Crippen molar-refractivity contribution in [1.29, 1.82) is 0 Å². The van der Waals surface area contributed by atoms with Crippen LogP contribution >= 0.6 is 11.8 Å². The molecule has 150 valence electrons. The molecule has 3 aromatic rings. The largest absolute Gasteiger partial charge is 0.493 e. The van der Waals surface area contributed by atoms with Crippen molar-refractivity contribution < 1.29 is 14.3 Å². The molecule has 29 heavy (non-hydrogen) atoms. The highest BCUT2D eigenvalue weighted by molar-refractivity contribution is 8.00. The molecule has 1 amide bonds. The van der Waals surface area contributed by atoms with Gasteiger partial charge in [0.05, 0.1) is 13.7 Å². The van der Waals surface area contributed by atoms with Crippen LogP contribution in [0.2, 0.25) is 0 Å². The van der Waals surface area contributed by atoms with Gasteiger partial charge in [0.2, 0.25) is 5.91 Å². The zero-order valence-electron chi connectivity index (χ0n) is 16.6. The molecule has 0 bridgehead atoms. The highest BCUT2D eigenvalue weighted by Gasteiger charge is 2.21. The Kier molecular flexibility index (Phi) is 7.59. The van der Waals surface area contributed by atoms with Gasteiger partial charge < -0.3 is 14.8 Å². The molecule has 0 spiro atoms. The number of benzene rings is 3. The Morgan fingerprint density at radius 1 is 0.966 bits per heavy atom. The number of carbonyl (C=O) groups is 1. The van der Waals surface area contributed by atoms with Crippen LogP contribution < -0.4 is 14.8 Å². The molecular formula is C24H25NO3S. The third-order valence-electron chi connectivity index (χ3n) is 4.33. The molecule has 0 radical (unpaired) electrons. The van der Waals surface area contributed by atoms with Crippen LogP contribution in [0.1, 0.15) is 23.3 Å². The zero-order valence-corrected chi connectivity index (χ0v) is 17.4. The summed E-state index contributed by atoms with van der Waals surface area (Å²) in [7, 11) is 1.61. The molecule has 0 aliphatic rings. The SMILES string of the molecule is CCOc1ccc(CNC(=O)C(Sc2ccccc2)c2ccccc2)cc1OC. The lowest BCUT2D eigenvalue weighted by molar-refractivity contribution is -0.120. The van der Waals surface area contributed by atoms with Crippen molar-refractivity contribution in [3.8, 4) is 11.5 Å². The summed E-state index contributed by atoms with van der Waals surface area (Å²) in [6, 6.07) is 25.5. The molecule has 0 aliphatic heterocycles. The summed E-state index contributed by atoms with van der Waals surface area (Å²) in [6.07, 6.45) is 0. The molecule has 0 fully saturated rings. The fraction of sp³-hybridized carbons (Fsp3) is 0.208. The lowest BCUT2D eigenvalue weighted by atomic mass is 10.1. The monoisotopic (exact) mass is 407 g/mol. The molecule has 0 saturated carbocycles. The standard InChI is InChI=1S/C24H25NO3S/c1-3-28-21-15-14-18(16-22(21)27-2)17-25-24(26)23(19-10-6-4-7-11-19)29-20-12-8-5-9-13-20/h4-16,23H,3,17H2,1-2H3,(H,25,26). The molecule has 4 nitrogen and oxygen atoms in total. The lowest BCUT2D eigenvalue weighted by Crippen LogP contribution is -2.27. The van der Waals surface area contributed by atoms with E-state index in [1.54, 1.807) is 18.9 Å². The highest BCUT2D eigenvalue weighted by Crippen LogP contribution is 2.35. The van der Waals surface area contributed by atoms with E-state index < -0.39 is 0 Å². The first kappa shape index (κ1) is 20.8. The number of nitrogens with one attached hydrogen (secondary N) is 1. The van der Waals surface area contributed by atoms with Crippen molar-refractivity contribution in [1.82, 2.24) is 5.32 Å². The maximum atomic E-state index is 13.1. The van der Waals surface area contributed by atoms with Gasteiger partial charge in [-0.1, -0.05) is 54.6 Å². The maximum absolute atomic E-state index is 13.1. The Balaban J connectivity index is 1.73. The molecule has 5 heteroatoms. The minimum absolute atomic E-state index is 0.0297. The van der Waals surface area contributed by atoms with E-state index in [9.17, 15) is 4.79 Å². The van der Waals surface area contributed by atoms with Gasteiger partial charge in [0, 0.05) is 11.4 Å². The number of carbonyl (C=O) groups excluding carboxylic acids is 1. The Bertz CT molecular complexity index is 916. The fourth-order valence-electron chi connectivity index (χ4n) is 2.91. The molecule has 3 aromatic carbocycles. The van der Waals surface area contributed by atoms with E-state index >= 15 is 0 Å². The zero-order chi connectivity index (χ0) is 20.5. The van der Waals surface area contributed by atoms with E-state index in [0.29, 0.717) is 24.7 Å². The summed E-state index contributed by atoms with van der Waals surface area (Å²) in [6.45, 7) is 2.92. The van der Waals surface area contributed by atoms with Gasteiger partial charge in [-0.15, -0.1) is 11.8 Å². The molecule has 1 unspecified atom stereocenters. The average molecular weight is 408 g/mol. The van der Waals surface area contributed by atoms with E-state index in [1.165, 1.54) is 0 Å². The summed E-state index contributed by atoms with van der Waals surface area (Å²) in [5.41, 5.74) is 1.93. The summed E-state index contributed by atoms with van der Waals surface area (Å²) in [5.74, 6) is 1.33. The molecule has 3 rings (SSSR count). The van der Waals surface area contributed by atoms with Gasteiger partial charge in [0.15, 0.2) is 11.5 Å². The number of amides is 1. The lowest BCUT2D eigenvalue weighted by Gasteiger charge is -2.17. The summed E-state index contributed by atoms with van der Waals surface area (Å²) >= 11 is 1.55. The van der Waals surface area contributed by atoms with Crippen LogP contribution in [0.15, 0.2) is 83.8 Å². The first-order valence-electron chi connectivity index (χ1n) is 9.55. The van der Waals surface area contributed by atoms with Crippen LogP contribution in [0, 0.1) is 0 Å². The van der Waals surface area contributed by atoms with Crippen LogP contribution in [0.4, 0.5) is 0 Å². The summed E-state index contributed by atoms with van der Waals surface area (Å²) in [5, 5.41) is 2.73. The van der Waals surface area contributed by atoms with E-state index in [2.05, 4.69) is 5.32 Å². The van der Waals surface area contributed by atoms with Crippen LogP contribution in [0.3, 0.4) is 0 Å². The van der Waals surface area contributed by atoms with E-state index in [-0.39, 0.29) is 11.2 Å². The number of thioether (sulfide) groups is 1. The Morgan fingerprint density at radius 3 is 2.31 bits per heavy atom. The van der Waals surface area contributed by atoms with E-state index in [0.717, 1.165) is 16.0 Å². The number of methoxy groups -OCH3 is 1. The third kappa shape index (κ3) is 5.78. The summed E-state index contributed by atoms with van der Waals surface area (Å²) in [4.78, 5) is 14.1. The predicted molar refractivity (Wildman–Crippen MR) is 117 cm³/mol. The first-order valence-corrected chi connectivity index (χ1v) is 10.4. The van der Waals surface area contributed by atoms with E-state index in [1.807, 2.05) is 85.8 Å². The van der Waals surface area contributed by atoms with Gasteiger partial charge in [0.1, 0.15) is 5.25 Å². The second kappa shape index (κ2) is 10.6. The Labute approximate surface area is 176 Å². The smallest absolute Gasteiger partial charge is 0.238 e. The third-order valence-corrected chi connectivity index (χ3v) is 5.60. The Morgan fingerprint density at radius 2 is 1.66 bits per heavy atom. The number of hydrogen-bond acceptors (Lipinski definition) is 4. The van der Waals surface area contributed by atoms with Crippen molar-refractivity contribution in [3.05, 3.63) is 90.0 Å². The van der Waals surface area contributed by atoms with Gasteiger partial charge in [-0.2, -0.15) is 0 Å². The minimum atomic E-state index is -0.330. The number of rotatable bonds is 9. The van der Waals surface area contributed by atoms with Crippen molar-refractivity contribution in [2.45, 2.75) is 23.6 Å². The molecular weight excluding hydrogens is 382 g/mol. The van der Waals surface area contributed by atoms with Crippen LogP contribution in [0.5, 0.6) is 11.5 Å². The van der Waals surface area contributed by atoms with Crippen molar-refractivity contribution in [2.24, 2.45) is 0 Å². The second-order valence-corrected chi connectivity index (χ2v) is 7.54. The van der Waals surface area contributed by atoms with Gasteiger partial charge in [0.25, 0.3) is 0 Å². The fourth-order valence-corrected chi connectivity index (χ4v) is 3.98. The topological polar surface area (TPSA) is 47.6 Å². The van der Waals surface area contributed by atoms with Crippen molar-refractivity contribution in [2.75, 3.05) is 13.7 Å². The van der Waals surface area contributed by atoms with Gasteiger partial charge in [-0.3, -0.25) is 4.79 Å². The summed E-state index contributed by atoms with van der Waals surface area (Å²) < 4.78 is 11.0. The second-order valence-electron chi connectivity index (χ2n) is 6.36. The minimum Gasteiger partial charge on any atom is -0.493 e. The Hall–Kier alpha value is -2.92. The maximum Gasteiger partial charge on any atom is 0.238 e. The highest BCUT2D eigenvalue weighted by atomic mass is 32.2. The van der Waals surface area contributed by atoms with Gasteiger partial charge in [-0.05, 0) is 42.3 Å². The average Bonchev–Trinajstić information content (AvgIpc) is 2.78. The van der Waals surface area contributed by atoms with Crippen LogP contribution in [-0.4, -0.2) is 19.6 Å². The van der Waals surface area contributed by atoms with Crippen molar-refractivity contribution >= 4 is 17.7 Å². The van der Waals surface area contributed by atoms with E-state index in [4.69, 9.17) is 9.47 Å². The number of ether oxygens (including phenoxy) is 2. The normalized spacial score (nSPS) is 11.5. The van der Waals surface area contributed by atoms with Crippen molar-refractivity contribution in [3.63, 3.8) is 0 Å². The predicted octanol–water partition coefficient (Wildman–Crippen LogP) is 5.24. The van der Waals surface area contributed by atoms with Gasteiger partial charge >= 0.3 is 0 Å². The first-order chi connectivity index (χ1) is 14.2. The molecule has 0 heterocycles. The molecule has 1 N–H and O–H groups in total. The number of hydrogen-bond donors (Lipinski definition) is 1.